The zero-order valence-corrected chi connectivity index (χ0v) is 11.1. The van der Waals surface area contributed by atoms with Crippen molar-refractivity contribution >= 4 is 11.9 Å². The van der Waals surface area contributed by atoms with E-state index in [1.54, 1.807) is 6.92 Å². The van der Waals surface area contributed by atoms with Crippen LogP contribution in [0.25, 0.3) is 0 Å². The summed E-state index contributed by atoms with van der Waals surface area (Å²) in [7, 11) is 0. The van der Waals surface area contributed by atoms with Gasteiger partial charge < -0.3 is 15.5 Å². The Morgan fingerprint density at radius 1 is 1.32 bits per heavy atom. The Morgan fingerprint density at radius 3 is 2.53 bits per heavy atom. The van der Waals surface area contributed by atoms with Crippen molar-refractivity contribution in [3.8, 4) is 0 Å². The molecule has 0 aliphatic heterocycles. The second kappa shape index (κ2) is 6.33. The van der Waals surface area contributed by atoms with Gasteiger partial charge in [-0.3, -0.25) is 4.79 Å². The summed E-state index contributed by atoms with van der Waals surface area (Å²) < 4.78 is 0. The molecule has 0 heterocycles. The Morgan fingerprint density at radius 2 is 1.95 bits per heavy atom. The molecule has 5 nitrogen and oxygen atoms in total. The predicted molar refractivity (Wildman–Crippen MR) is 71.3 cm³/mol. The first-order valence-electron chi connectivity index (χ1n) is 6.19. The van der Waals surface area contributed by atoms with E-state index in [1.165, 1.54) is 24.3 Å². The summed E-state index contributed by atoms with van der Waals surface area (Å²) in [6.07, 6.45) is 1.40. The molecule has 0 spiro atoms. The van der Waals surface area contributed by atoms with Gasteiger partial charge in [-0.15, -0.1) is 0 Å². The Bertz CT molecular complexity index is 468. The van der Waals surface area contributed by atoms with Gasteiger partial charge in [-0.2, -0.15) is 0 Å². The van der Waals surface area contributed by atoms with E-state index in [-0.39, 0.29) is 23.6 Å². The number of amides is 1. The largest absolute Gasteiger partial charge is 0.478 e. The second-order valence-electron chi connectivity index (χ2n) is 4.82. The lowest BCUT2D eigenvalue weighted by Crippen LogP contribution is -2.40. The summed E-state index contributed by atoms with van der Waals surface area (Å²) in [5.41, 5.74) is -0.616. The third kappa shape index (κ3) is 4.71. The third-order valence-electron chi connectivity index (χ3n) is 2.79. The number of hydrogen-bond donors (Lipinski definition) is 3. The van der Waals surface area contributed by atoms with Crippen LogP contribution in [0.1, 0.15) is 47.4 Å². The van der Waals surface area contributed by atoms with Crippen LogP contribution >= 0.6 is 0 Å². The van der Waals surface area contributed by atoms with Crippen LogP contribution < -0.4 is 5.32 Å². The third-order valence-corrected chi connectivity index (χ3v) is 2.79. The number of rotatable bonds is 6. The summed E-state index contributed by atoms with van der Waals surface area (Å²) in [4.78, 5) is 22.7. The lowest BCUT2D eigenvalue weighted by atomic mass is 10.0. The summed E-state index contributed by atoms with van der Waals surface area (Å²) >= 11 is 0. The van der Waals surface area contributed by atoms with Gasteiger partial charge >= 0.3 is 5.97 Å². The fourth-order valence-corrected chi connectivity index (χ4v) is 1.79. The summed E-state index contributed by atoms with van der Waals surface area (Å²) in [5.74, 6) is -1.47. The van der Waals surface area contributed by atoms with Crippen LogP contribution in [0.4, 0.5) is 0 Å². The van der Waals surface area contributed by atoms with E-state index in [2.05, 4.69) is 5.32 Å². The fraction of sp³-hybridized carbons (Fsp3) is 0.429. The number of aliphatic hydroxyl groups is 1. The summed E-state index contributed by atoms with van der Waals surface area (Å²) in [6, 6.07) is 5.79. The number of carboxylic acids is 1. The van der Waals surface area contributed by atoms with Crippen LogP contribution in [0, 0.1) is 0 Å². The molecular formula is C14H19NO4. The maximum atomic E-state index is 11.9. The molecule has 0 fully saturated rings. The summed E-state index contributed by atoms with van der Waals surface area (Å²) in [6.45, 7) is 3.74. The highest BCUT2D eigenvalue weighted by atomic mass is 16.4. The van der Waals surface area contributed by atoms with E-state index in [0.717, 1.165) is 6.42 Å². The Balaban J connectivity index is 2.68. The van der Waals surface area contributed by atoms with E-state index in [0.29, 0.717) is 6.42 Å². The molecule has 0 bridgehead atoms. The highest BCUT2D eigenvalue weighted by Gasteiger charge is 2.20. The van der Waals surface area contributed by atoms with Crippen molar-refractivity contribution < 1.29 is 19.8 Å². The van der Waals surface area contributed by atoms with Gasteiger partial charge in [0.15, 0.2) is 0 Å². The molecule has 104 valence electrons. The molecule has 0 aromatic heterocycles. The SMILES string of the molecule is CCCC(C)(O)CNC(=O)c1cccc(C(=O)O)c1. The van der Waals surface area contributed by atoms with Crippen LogP contribution in [0.3, 0.4) is 0 Å². The predicted octanol–water partition coefficient (Wildman–Crippen LogP) is 1.67. The van der Waals surface area contributed by atoms with Gasteiger partial charge in [-0.1, -0.05) is 19.4 Å². The lowest BCUT2D eigenvalue weighted by Gasteiger charge is -2.22. The molecule has 19 heavy (non-hydrogen) atoms. The van der Waals surface area contributed by atoms with Crippen molar-refractivity contribution in [3.05, 3.63) is 35.4 Å². The maximum Gasteiger partial charge on any atom is 0.335 e. The Labute approximate surface area is 112 Å². The molecule has 1 unspecified atom stereocenters. The standard InChI is InChI=1S/C14H19NO4/c1-3-7-14(2,19)9-15-12(16)10-5-4-6-11(8-10)13(17)18/h4-6,8,19H,3,7,9H2,1-2H3,(H,15,16)(H,17,18). The second-order valence-corrected chi connectivity index (χ2v) is 4.82. The molecule has 3 N–H and O–H groups in total. The van der Waals surface area contributed by atoms with E-state index in [4.69, 9.17) is 5.11 Å². The Kier molecular flexibility index (Phi) is 5.06. The number of nitrogens with one attached hydrogen (secondary N) is 1. The van der Waals surface area contributed by atoms with Crippen LogP contribution in [0.5, 0.6) is 0 Å². The van der Waals surface area contributed by atoms with Crippen molar-refractivity contribution in [2.45, 2.75) is 32.3 Å². The average Bonchev–Trinajstić information content (AvgIpc) is 2.36. The van der Waals surface area contributed by atoms with Crippen molar-refractivity contribution in [1.82, 2.24) is 5.32 Å². The minimum atomic E-state index is -1.08. The minimum Gasteiger partial charge on any atom is -0.478 e. The number of carbonyl (C=O) groups is 2. The molecule has 5 heteroatoms. The molecule has 1 amide bonds. The lowest BCUT2D eigenvalue weighted by molar-refractivity contribution is 0.0469. The molecule has 0 saturated carbocycles. The number of aromatic carboxylic acids is 1. The molecule has 0 radical (unpaired) electrons. The van der Waals surface area contributed by atoms with Gasteiger partial charge in [0, 0.05) is 12.1 Å². The van der Waals surface area contributed by atoms with Crippen molar-refractivity contribution in [1.29, 1.82) is 0 Å². The molecule has 1 aromatic rings. The van der Waals surface area contributed by atoms with Crippen molar-refractivity contribution in [2.24, 2.45) is 0 Å². The van der Waals surface area contributed by atoms with Crippen LogP contribution in [-0.2, 0) is 0 Å². The van der Waals surface area contributed by atoms with Gasteiger partial charge in [-0.25, -0.2) is 4.79 Å². The first-order chi connectivity index (χ1) is 8.85. The first kappa shape index (κ1) is 15.2. The minimum absolute atomic E-state index is 0.0629. The molecule has 1 aromatic carbocycles. The van der Waals surface area contributed by atoms with Gasteiger partial charge in [0.05, 0.1) is 11.2 Å². The highest BCUT2D eigenvalue weighted by Crippen LogP contribution is 2.11. The molecule has 0 aliphatic rings. The zero-order chi connectivity index (χ0) is 14.5. The quantitative estimate of drug-likeness (QED) is 0.730. The van der Waals surface area contributed by atoms with Gasteiger partial charge in [-0.05, 0) is 31.5 Å². The number of benzene rings is 1. The van der Waals surface area contributed by atoms with Crippen LogP contribution in [-0.4, -0.2) is 34.2 Å². The van der Waals surface area contributed by atoms with Crippen molar-refractivity contribution in [2.75, 3.05) is 6.54 Å². The fourth-order valence-electron chi connectivity index (χ4n) is 1.79. The van der Waals surface area contributed by atoms with Gasteiger partial charge in [0.25, 0.3) is 5.91 Å². The highest BCUT2D eigenvalue weighted by molar-refractivity contribution is 5.97. The van der Waals surface area contributed by atoms with E-state index < -0.39 is 11.6 Å². The monoisotopic (exact) mass is 265 g/mol. The Hall–Kier alpha value is -1.88. The molecule has 0 aliphatic carbocycles. The van der Waals surface area contributed by atoms with Gasteiger partial charge in [0.2, 0.25) is 0 Å². The van der Waals surface area contributed by atoms with E-state index >= 15 is 0 Å². The smallest absolute Gasteiger partial charge is 0.335 e. The number of hydrogen-bond acceptors (Lipinski definition) is 3. The first-order valence-corrected chi connectivity index (χ1v) is 6.19. The molecule has 0 saturated heterocycles. The molecule has 1 rings (SSSR count). The topological polar surface area (TPSA) is 86.6 Å². The van der Waals surface area contributed by atoms with Crippen LogP contribution in [0.15, 0.2) is 24.3 Å². The van der Waals surface area contributed by atoms with Crippen LogP contribution in [0.2, 0.25) is 0 Å². The summed E-state index contributed by atoms with van der Waals surface area (Å²) in [5, 5.41) is 21.4. The van der Waals surface area contributed by atoms with E-state index in [1.807, 2.05) is 6.92 Å². The number of carboxylic acid groups (broad SMARTS) is 1. The molecular weight excluding hydrogens is 246 g/mol. The molecule has 1 atom stereocenters. The van der Waals surface area contributed by atoms with Gasteiger partial charge in [0.1, 0.15) is 0 Å². The number of carbonyl (C=O) groups excluding carboxylic acids is 1. The van der Waals surface area contributed by atoms with Crippen molar-refractivity contribution in [3.63, 3.8) is 0 Å². The zero-order valence-electron chi connectivity index (χ0n) is 11.1. The normalized spacial score (nSPS) is 13.6. The maximum absolute atomic E-state index is 11.9. The average molecular weight is 265 g/mol. The van der Waals surface area contributed by atoms with E-state index in [9.17, 15) is 14.7 Å².